The van der Waals surface area contributed by atoms with Crippen LogP contribution in [0.3, 0.4) is 0 Å². The van der Waals surface area contributed by atoms with Gasteiger partial charge in [-0.25, -0.2) is 0 Å². The molecule has 0 bridgehead atoms. The molecular weight excluding hydrogens is 158 g/mol. The lowest BCUT2D eigenvalue weighted by atomic mass is 10.2. The molecule has 1 fully saturated rings. The average Bonchev–Trinajstić information content (AvgIpc) is 2.83. The molecule has 1 rings (SSSR count). The van der Waals surface area contributed by atoms with Crippen molar-refractivity contribution in [1.82, 2.24) is 5.32 Å². The second-order valence-corrected chi connectivity index (χ2v) is 3.14. The van der Waals surface area contributed by atoms with Gasteiger partial charge in [-0.3, -0.25) is 4.79 Å². The molecule has 1 saturated carbocycles. The van der Waals surface area contributed by atoms with Gasteiger partial charge in [0.1, 0.15) is 6.61 Å². The monoisotopic (exact) mass is 173 g/mol. The van der Waals surface area contributed by atoms with E-state index in [0.717, 1.165) is 12.8 Å². The third-order valence-electron chi connectivity index (χ3n) is 1.95. The summed E-state index contributed by atoms with van der Waals surface area (Å²) < 4.78 is 4.62. The minimum absolute atomic E-state index is 0.0669. The van der Waals surface area contributed by atoms with Crippen molar-refractivity contribution in [1.29, 1.82) is 0 Å². The minimum atomic E-state index is -0.370. The molecule has 0 aliphatic heterocycles. The van der Waals surface area contributed by atoms with Crippen molar-refractivity contribution in [2.75, 3.05) is 20.3 Å². The summed E-state index contributed by atoms with van der Waals surface area (Å²) >= 11 is 0. The molecule has 1 aliphatic rings. The smallest absolute Gasteiger partial charge is 0.246 e. The van der Waals surface area contributed by atoms with Crippen LogP contribution in [-0.4, -0.2) is 37.4 Å². The van der Waals surface area contributed by atoms with Gasteiger partial charge in [0, 0.05) is 13.7 Å². The van der Waals surface area contributed by atoms with Gasteiger partial charge in [-0.2, -0.15) is 0 Å². The van der Waals surface area contributed by atoms with E-state index in [-0.39, 0.29) is 18.6 Å². The van der Waals surface area contributed by atoms with Crippen LogP contribution in [0.2, 0.25) is 0 Å². The maximum Gasteiger partial charge on any atom is 0.246 e. The number of ether oxygens (including phenoxy) is 1. The molecule has 1 unspecified atom stereocenters. The average molecular weight is 173 g/mol. The number of amides is 1. The number of nitrogens with one attached hydrogen (secondary N) is 1. The third-order valence-corrected chi connectivity index (χ3v) is 1.95. The molecule has 0 aromatic heterocycles. The highest BCUT2D eigenvalue weighted by Crippen LogP contribution is 2.32. The van der Waals surface area contributed by atoms with E-state index in [1.807, 2.05) is 0 Å². The van der Waals surface area contributed by atoms with Crippen LogP contribution in [0.1, 0.15) is 12.8 Å². The van der Waals surface area contributed by atoms with Crippen molar-refractivity contribution in [2.24, 2.45) is 5.92 Å². The summed E-state index contributed by atoms with van der Waals surface area (Å²) in [5.41, 5.74) is 0. The van der Waals surface area contributed by atoms with Crippen molar-refractivity contribution in [3.05, 3.63) is 0 Å². The van der Waals surface area contributed by atoms with E-state index in [0.29, 0.717) is 12.5 Å². The highest BCUT2D eigenvalue weighted by Gasteiger charge is 2.29. The lowest BCUT2D eigenvalue weighted by molar-refractivity contribution is -0.125. The summed E-state index contributed by atoms with van der Waals surface area (Å²) in [7, 11) is 1.47. The number of hydrogen-bond acceptors (Lipinski definition) is 3. The van der Waals surface area contributed by atoms with Crippen molar-refractivity contribution >= 4 is 5.91 Å². The fraction of sp³-hybridized carbons (Fsp3) is 0.875. The number of carbonyl (C=O) groups is 1. The normalized spacial score (nSPS) is 18.8. The van der Waals surface area contributed by atoms with Gasteiger partial charge in [0.15, 0.2) is 0 Å². The van der Waals surface area contributed by atoms with Crippen LogP contribution in [0, 0.1) is 5.92 Å². The highest BCUT2D eigenvalue weighted by molar-refractivity contribution is 5.77. The molecule has 0 spiro atoms. The Labute approximate surface area is 71.9 Å². The molecule has 4 heteroatoms. The molecule has 1 aliphatic carbocycles. The van der Waals surface area contributed by atoms with Gasteiger partial charge in [0.2, 0.25) is 5.91 Å². The van der Waals surface area contributed by atoms with Gasteiger partial charge in [0.25, 0.3) is 0 Å². The van der Waals surface area contributed by atoms with E-state index in [1.165, 1.54) is 7.11 Å². The van der Waals surface area contributed by atoms with Crippen molar-refractivity contribution in [2.45, 2.75) is 18.9 Å². The number of rotatable bonds is 5. The number of methoxy groups -OCH3 is 1. The highest BCUT2D eigenvalue weighted by atomic mass is 16.5. The summed E-state index contributed by atoms with van der Waals surface area (Å²) in [6.45, 7) is 0.421. The first-order chi connectivity index (χ1) is 5.74. The molecule has 70 valence electrons. The largest absolute Gasteiger partial charge is 0.391 e. The molecule has 0 saturated heterocycles. The van der Waals surface area contributed by atoms with Crippen LogP contribution in [-0.2, 0) is 9.53 Å². The van der Waals surface area contributed by atoms with Gasteiger partial charge in [-0.15, -0.1) is 0 Å². The van der Waals surface area contributed by atoms with Crippen LogP contribution in [0.15, 0.2) is 0 Å². The molecule has 1 amide bonds. The Hall–Kier alpha value is -0.610. The first kappa shape index (κ1) is 9.48. The Morgan fingerprint density at radius 1 is 1.75 bits per heavy atom. The number of hydrogen-bond donors (Lipinski definition) is 2. The van der Waals surface area contributed by atoms with Gasteiger partial charge in [0.05, 0.1) is 6.10 Å². The Kier molecular flexibility index (Phi) is 3.49. The number of aliphatic hydroxyl groups is 1. The van der Waals surface area contributed by atoms with Gasteiger partial charge in [-0.1, -0.05) is 0 Å². The zero-order chi connectivity index (χ0) is 8.97. The second kappa shape index (κ2) is 4.42. The van der Waals surface area contributed by atoms with E-state index < -0.39 is 0 Å². The maximum absolute atomic E-state index is 10.8. The predicted octanol–water partition coefficient (Wildman–Crippen LogP) is -0.480. The van der Waals surface area contributed by atoms with Crippen LogP contribution in [0.5, 0.6) is 0 Å². The Balaban J connectivity index is 2.03. The summed E-state index contributed by atoms with van der Waals surface area (Å²) in [4.78, 5) is 10.8. The first-order valence-corrected chi connectivity index (χ1v) is 4.17. The maximum atomic E-state index is 10.8. The topological polar surface area (TPSA) is 58.6 Å². The molecule has 2 N–H and O–H groups in total. The lowest BCUT2D eigenvalue weighted by Crippen LogP contribution is -2.35. The molecule has 12 heavy (non-hydrogen) atoms. The zero-order valence-corrected chi connectivity index (χ0v) is 7.25. The Morgan fingerprint density at radius 2 is 2.42 bits per heavy atom. The van der Waals surface area contributed by atoms with Crippen molar-refractivity contribution < 1.29 is 14.6 Å². The molecular formula is C8H15NO3. The molecule has 0 heterocycles. The van der Waals surface area contributed by atoms with E-state index in [1.54, 1.807) is 0 Å². The van der Waals surface area contributed by atoms with E-state index in [9.17, 15) is 9.90 Å². The summed E-state index contributed by atoms with van der Waals surface area (Å²) in [6, 6.07) is 0. The van der Waals surface area contributed by atoms with Crippen LogP contribution >= 0.6 is 0 Å². The fourth-order valence-electron chi connectivity index (χ4n) is 1.05. The van der Waals surface area contributed by atoms with Gasteiger partial charge in [-0.05, 0) is 18.8 Å². The summed E-state index contributed by atoms with van der Waals surface area (Å²) in [5, 5.41) is 11.9. The Bertz CT molecular complexity index is 156. The van der Waals surface area contributed by atoms with Crippen LogP contribution in [0.25, 0.3) is 0 Å². The third kappa shape index (κ3) is 3.19. The predicted molar refractivity (Wildman–Crippen MR) is 43.6 cm³/mol. The van der Waals surface area contributed by atoms with E-state index in [4.69, 9.17) is 0 Å². The van der Waals surface area contributed by atoms with Gasteiger partial charge >= 0.3 is 0 Å². The lowest BCUT2D eigenvalue weighted by Gasteiger charge is -2.09. The fourth-order valence-corrected chi connectivity index (χ4v) is 1.05. The minimum Gasteiger partial charge on any atom is -0.391 e. The molecule has 0 radical (unpaired) electrons. The molecule has 0 aromatic carbocycles. The molecule has 4 nitrogen and oxygen atoms in total. The number of aliphatic hydroxyl groups excluding tert-OH is 1. The quantitative estimate of drug-likeness (QED) is 0.590. The van der Waals surface area contributed by atoms with E-state index in [2.05, 4.69) is 10.1 Å². The van der Waals surface area contributed by atoms with Crippen molar-refractivity contribution in [3.8, 4) is 0 Å². The molecule has 0 aromatic rings. The molecule has 1 atom stereocenters. The summed E-state index contributed by atoms with van der Waals surface area (Å²) in [6.07, 6.45) is 1.80. The second-order valence-electron chi connectivity index (χ2n) is 3.14. The summed E-state index contributed by atoms with van der Waals surface area (Å²) in [5.74, 6) is 0.241. The first-order valence-electron chi connectivity index (χ1n) is 4.17. The van der Waals surface area contributed by atoms with Crippen LogP contribution in [0.4, 0.5) is 0 Å². The Morgan fingerprint density at radius 3 is 2.92 bits per heavy atom. The van der Waals surface area contributed by atoms with Gasteiger partial charge < -0.3 is 15.2 Å². The van der Waals surface area contributed by atoms with Crippen LogP contribution < -0.4 is 5.32 Å². The SMILES string of the molecule is COCC(=O)NCC(O)C1CC1. The van der Waals surface area contributed by atoms with E-state index >= 15 is 0 Å². The standard InChI is InChI=1S/C8H15NO3/c1-12-5-8(11)9-4-7(10)6-2-3-6/h6-7,10H,2-5H2,1H3,(H,9,11). The number of carbonyl (C=O) groups excluding carboxylic acids is 1. The zero-order valence-electron chi connectivity index (χ0n) is 7.25. The van der Waals surface area contributed by atoms with Crippen molar-refractivity contribution in [3.63, 3.8) is 0 Å².